The summed E-state index contributed by atoms with van der Waals surface area (Å²) < 4.78 is 5.21. The van der Waals surface area contributed by atoms with E-state index < -0.39 is 6.17 Å². The van der Waals surface area contributed by atoms with Crippen LogP contribution in [0.5, 0.6) is 5.75 Å². The molecule has 0 fully saturated rings. The van der Waals surface area contributed by atoms with Crippen molar-refractivity contribution in [2.45, 2.75) is 6.17 Å². The normalized spacial score (nSPS) is 15.2. The second-order valence-electron chi connectivity index (χ2n) is 6.05. The molecule has 4 rings (SSSR count). The number of nitrogens with zero attached hydrogens (tertiary/aromatic N) is 3. The van der Waals surface area contributed by atoms with Crippen LogP contribution >= 0.6 is 0 Å². The highest BCUT2D eigenvalue weighted by Crippen LogP contribution is 2.37. The second kappa shape index (κ2) is 6.81. The Morgan fingerprint density at radius 2 is 1.85 bits per heavy atom. The largest absolute Gasteiger partial charge is 0.497 e. The van der Waals surface area contributed by atoms with E-state index in [2.05, 4.69) is 16.4 Å². The molecule has 2 aromatic carbocycles. The van der Waals surface area contributed by atoms with E-state index in [1.807, 2.05) is 36.4 Å². The summed E-state index contributed by atoms with van der Waals surface area (Å²) in [5.41, 5.74) is 3.35. The minimum Gasteiger partial charge on any atom is -0.497 e. The molecule has 1 atom stereocenters. The number of benzene rings is 2. The quantitative estimate of drug-likeness (QED) is 0.770. The Kier molecular flexibility index (Phi) is 4.19. The number of pyridine rings is 1. The molecule has 0 bridgehead atoms. The number of hydrogen-bond acceptors (Lipinski definition) is 5. The van der Waals surface area contributed by atoms with E-state index in [0.717, 1.165) is 17.1 Å². The van der Waals surface area contributed by atoms with Crippen molar-refractivity contribution in [2.75, 3.05) is 17.3 Å². The van der Waals surface area contributed by atoms with Gasteiger partial charge in [0, 0.05) is 17.6 Å². The Morgan fingerprint density at radius 1 is 1.11 bits per heavy atom. The Morgan fingerprint density at radius 3 is 2.52 bits per heavy atom. The van der Waals surface area contributed by atoms with Gasteiger partial charge in [0.2, 0.25) is 0 Å². The molecular weight excluding hydrogens is 340 g/mol. The smallest absolute Gasteiger partial charge is 0.262 e. The van der Waals surface area contributed by atoms with Crippen LogP contribution in [0.4, 0.5) is 11.4 Å². The van der Waals surface area contributed by atoms with Crippen LogP contribution in [0.2, 0.25) is 0 Å². The van der Waals surface area contributed by atoms with Crippen LogP contribution < -0.4 is 15.0 Å². The molecule has 0 saturated carbocycles. The van der Waals surface area contributed by atoms with Gasteiger partial charge in [-0.1, -0.05) is 0 Å². The average Bonchev–Trinajstić information content (AvgIpc) is 3.01. The summed E-state index contributed by atoms with van der Waals surface area (Å²) in [7, 11) is 1.60. The molecule has 1 aromatic heterocycles. The number of hydrogen-bond donors (Lipinski definition) is 1. The first-order valence-corrected chi connectivity index (χ1v) is 8.40. The first-order valence-electron chi connectivity index (χ1n) is 8.40. The van der Waals surface area contributed by atoms with Crippen LogP contribution in [0, 0.1) is 11.3 Å². The molecule has 3 aromatic rings. The number of fused-ring (bicyclic) bond motifs is 1. The maximum atomic E-state index is 13.0. The van der Waals surface area contributed by atoms with Crippen molar-refractivity contribution in [3.05, 3.63) is 83.7 Å². The van der Waals surface area contributed by atoms with Gasteiger partial charge in [0.05, 0.1) is 30.0 Å². The number of aromatic nitrogens is 1. The van der Waals surface area contributed by atoms with Gasteiger partial charge < -0.3 is 10.1 Å². The lowest BCUT2D eigenvalue weighted by Crippen LogP contribution is -2.32. The first kappa shape index (κ1) is 16.6. The zero-order valence-electron chi connectivity index (χ0n) is 14.6. The molecule has 0 unspecified atom stereocenters. The van der Waals surface area contributed by atoms with Crippen LogP contribution in [-0.4, -0.2) is 18.0 Å². The number of anilines is 2. The van der Waals surface area contributed by atoms with Crippen LogP contribution in [0.1, 0.15) is 27.8 Å². The van der Waals surface area contributed by atoms with Gasteiger partial charge in [-0.3, -0.25) is 14.7 Å². The monoisotopic (exact) mass is 356 g/mol. The number of rotatable bonds is 4. The van der Waals surface area contributed by atoms with Gasteiger partial charge in [0.25, 0.3) is 5.91 Å². The molecule has 2 heterocycles. The molecule has 132 valence electrons. The fourth-order valence-corrected chi connectivity index (χ4v) is 3.13. The molecule has 0 spiro atoms. The van der Waals surface area contributed by atoms with E-state index in [4.69, 9.17) is 10.00 Å². The third-order valence-corrected chi connectivity index (χ3v) is 4.47. The minimum absolute atomic E-state index is 0.116. The van der Waals surface area contributed by atoms with E-state index >= 15 is 0 Å². The lowest BCUT2D eigenvalue weighted by Gasteiger charge is -2.26. The van der Waals surface area contributed by atoms with Crippen molar-refractivity contribution in [1.82, 2.24) is 4.98 Å². The molecule has 1 aliphatic heterocycles. The highest BCUT2D eigenvalue weighted by molar-refractivity contribution is 6.11. The molecule has 6 nitrogen and oxygen atoms in total. The van der Waals surface area contributed by atoms with Gasteiger partial charge in [0.1, 0.15) is 5.75 Å². The highest BCUT2D eigenvalue weighted by Gasteiger charge is 2.38. The standard InChI is InChI=1S/C21H16N4O2/c1-27-17-10-8-16(9-11-17)25-20(19-18(21(25)26)3-2-12-23-19)24-15-6-4-14(13-22)5-7-15/h2-12,20,24H,1H3/t20-/m0/s1. The molecule has 1 N–H and O–H groups in total. The van der Waals surface area contributed by atoms with Crippen LogP contribution in [0.15, 0.2) is 66.9 Å². The Labute approximate surface area is 156 Å². The van der Waals surface area contributed by atoms with Gasteiger partial charge >= 0.3 is 0 Å². The summed E-state index contributed by atoms with van der Waals surface area (Å²) in [6, 6.07) is 20.1. The summed E-state index contributed by atoms with van der Waals surface area (Å²) in [5, 5.41) is 12.3. The number of carbonyl (C=O) groups is 1. The van der Waals surface area contributed by atoms with Gasteiger partial charge in [-0.05, 0) is 60.7 Å². The fourth-order valence-electron chi connectivity index (χ4n) is 3.13. The maximum Gasteiger partial charge on any atom is 0.262 e. The number of amides is 1. The van der Waals surface area contributed by atoms with Crippen LogP contribution in [0.25, 0.3) is 0 Å². The number of carbonyl (C=O) groups excluding carboxylic acids is 1. The summed E-state index contributed by atoms with van der Waals surface area (Å²) in [4.78, 5) is 19.1. The van der Waals surface area contributed by atoms with Crippen LogP contribution in [-0.2, 0) is 0 Å². The van der Waals surface area contributed by atoms with Crippen molar-refractivity contribution in [1.29, 1.82) is 5.26 Å². The topological polar surface area (TPSA) is 78.2 Å². The molecule has 27 heavy (non-hydrogen) atoms. The van der Waals surface area contributed by atoms with E-state index in [1.165, 1.54) is 0 Å². The fraction of sp³-hybridized carbons (Fsp3) is 0.0952. The molecule has 1 amide bonds. The number of ether oxygens (including phenoxy) is 1. The summed E-state index contributed by atoms with van der Waals surface area (Å²) in [6.07, 6.45) is 1.23. The maximum absolute atomic E-state index is 13.0. The Balaban J connectivity index is 1.73. The van der Waals surface area contributed by atoms with E-state index in [-0.39, 0.29) is 5.91 Å². The van der Waals surface area contributed by atoms with Gasteiger partial charge in [-0.25, -0.2) is 0 Å². The molecule has 0 radical (unpaired) electrons. The Bertz CT molecular complexity index is 1020. The highest BCUT2D eigenvalue weighted by atomic mass is 16.5. The van der Waals surface area contributed by atoms with Crippen molar-refractivity contribution < 1.29 is 9.53 Å². The van der Waals surface area contributed by atoms with Crippen molar-refractivity contribution in [3.63, 3.8) is 0 Å². The molecule has 6 heteroatoms. The number of nitriles is 1. The van der Waals surface area contributed by atoms with Gasteiger partial charge in [-0.2, -0.15) is 5.26 Å². The average molecular weight is 356 g/mol. The van der Waals surface area contributed by atoms with Crippen molar-refractivity contribution >= 4 is 17.3 Å². The lowest BCUT2D eigenvalue weighted by atomic mass is 10.2. The predicted molar refractivity (Wildman–Crippen MR) is 102 cm³/mol. The third-order valence-electron chi connectivity index (χ3n) is 4.47. The van der Waals surface area contributed by atoms with Crippen molar-refractivity contribution in [3.8, 4) is 11.8 Å². The summed E-state index contributed by atoms with van der Waals surface area (Å²) in [6.45, 7) is 0. The number of nitrogens with one attached hydrogen (secondary N) is 1. The zero-order chi connectivity index (χ0) is 18.8. The van der Waals surface area contributed by atoms with Gasteiger partial charge in [-0.15, -0.1) is 0 Å². The zero-order valence-corrected chi connectivity index (χ0v) is 14.6. The number of methoxy groups -OCH3 is 1. The second-order valence-corrected chi connectivity index (χ2v) is 6.05. The summed E-state index contributed by atoms with van der Waals surface area (Å²) in [5.74, 6) is 0.604. The van der Waals surface area contributed by atoms with E-state index in [1.54, 1.807) is 42.5 Å². The van der Waals surface area contributed by atoms with E-state index in [0.29, 0.717) is 16.8 Å². The molecule has 0 aliphatic carbocycles. The third kappa shape index (κ3) is 2.96. The van der Waals surface area contributed by atoms with E-state index in [9.17, 15) is 4.79 Å². The van der Waals surface area contributed by atoms with Crippen LogP contribution in [0.3, 0.4) is 0 Å². The SMILES string of the molecule is COc1ccc(N2C(=O)c3cccnc3[C@H]2Nc2ccc(C#N)cc2)cc1. The summed E-state index contributed by atoms with van der Waals surface area (Å²) >= 11 is 0. The predicted octanol–water partition coefficient (Wildman–Crippen LogP) is 3.73. The van der Waals surface area contributed by atoms with Gasteiger partial charge in [0.15, 0.2) is 6.17 Å². The minimum atomic E-state index is -0.449. The first-order chi connectivity index (χ1) is 13.2. The Hall–Kier alpha value is -3.85. The molecule has 1 aliphatic rings. The molecule has 0 saturated heterocycles. The molecular formula is C21H16N4O2. The lowest BCUT2D eigenvalue weighted by molar-refractivity contribution is 0.0993. The van der Waals surface area contributed by atoms with Crippen molar-refractivity contribution in [2.24, 2.45) is 0 Å².